The fraction of sp³-hybridized carbons (Fsp3) is 0.367. The van der Waals surface area contributed by atoms with Crippen LogP contribution in [0.3, 0.4) is 0 Å². The summed E-state index contributed by atoms with van der Waals surface area (Å²) in [6.07, 6.45) is -3.49. The minimum Gasteiger partial charge on any atom is -0.497 e. The number of ether oxygens (including phenoxy) is 5. The Balaban J connectivity index is 1.61. The average molecular weight is 585 g/mol. The molecule has 0 N–H and O–H groups in total. The molecule has 0 radical (unpaired) electrons. The van der Waals surface area contributed by atoms with E-state index in [9.17, 15) is 14.4 Å². The molecule has 0 saturated carbocycles. The number of benzene rings is 2. The molecule has 0 amide bonds. The molecule has 1 fully saturated rings. The summed E-state index contributed by atoms with van der Waals surface area (Å²) >= 11 is 6.44. The van der Waals surface area contributed by atoms with Gasteiger partial charge in [0.05, 0.1) is 12.4 Å². The lowest BCUT2D eigenvalue weighted by atomic mass is 9.92. The quantitative estimate of drug-likeness (QED) is 0.212. The largest absolute Gasteiger partial charge is 0.497 e. The molecule has 10 heteroatoms. The van der Waals surface area contributed by atoms with Crippen molar-refractivity contribution in [1.82, 2.24) is 0 Å². The molecule has 2 aromatic carbocycles. The van der Waals surface area contributed by atoms with Gasteiger partial charge >= 0.3 is 17.9 Å². The van der Waals surface area contributed by atoms with Crippen LogP contribution in [0.4, 0.5) is 0 Å². The number of thiophene rings is 1. The number of thiol groups is 1. The standard InChI is InChI=1S/C30H32O8S2/c1-16-6-7-21(14-22(16)15-24-12-13-25(40-24)20-8-10-23(34-5)11-9-20)26-29(39)27(35-17(2)31)28(36-18(3)32)30(38-26)37-19(4)33/h6-14,26-30,39H,15H2,1-5H3/t26?,27-,28-,29-,30-/m0/s1. The van der Waals surface area contributed by atoms with Gasteiger partial charge in [0.15, 0.2) is 6.10 Å². The van der Waals surface area contributed by atoms with Crippen LogP contribution >= 0.6 is 24.0 Å². The van der Waals surface area contributed by atoms with E-state index in [1.54, 1.807) is 18.4 Å². The molecule has 1 aliphatic rings. The van der Waals surface area contributed by atoms with Crippen LogP contribution in [-0.2, 0) is 39.8 Å². The van der Waals surface area contributed by atoms with Gasteiger partial charge in [0.25, 0.3) is 0 Å². The van der Waals surface area contributed by atoms with Crippen molar-refractivity contribution in [3.8, 4) is 16.2 Å². The highest BCUT2D eigenvalue weighted by atomic mass is 32.1. The smallest absolute Gasteiger partial charge is 0.305 e. The molecular weight excluding hydrogens is 552 g/mol. The molecule has 0 aliphatic carbocycles. The third-order valence-electron chi connectivity index (χ3n) is 6.51. The zero-order valence-electron chi connectivity index (χ0n) is 22.9. The number of aryl methyl sites for hydroxylation is 1. The summed E-state index contributed by atoms with van der Waals surface area (Å²) in [6, 6.07) is 18.1. The Kier molecular flexibility index (Phi) is 9.55. The number of methoxy groups -OCH3 is 1. The highest BCUT2D eigenvalue weighted by Crippen LogP contribution is 2.40. The first kappa shape index (κ1) is 29.6. The van der Waals surface area contributed by atoms with Crippen molar-refractivity contribution in [3.63, 3.8) is 0 Å². The van der Waals surface area contributed by atoms with E-state index in [0.717, 1.165) is 32.9 Å². The number of hydrogen-bond acceptors (Lipinski definition) is 10. The lowest BCUT2D eigenvalue weighted by Crippen LogP contribution is -2.56. The first-order chi connectivity index (χ1) is 19.0. The molecule has 1 aliphatic heterocycles. The van der Waals surface area contributed by atoms with E-state index in [-0.39, 0.29) is 0 Å². The zero-order chi connectivity index (χ0) is 29.0. The fourth-order valence-corrected chi connectivity index (χ4v) is 6.14. The minimum atomic E-state index is -1.28. The van der Waals surface area contributed by atoms with Crippen LogP contribution < -0.4 is 4.74 Å². The van der Waals surface area contributed by atoms with Crippen LogP contribution in [-0.4, -0.2) is 48.8 Å². The van der Waals surface area contributed by atoms with Crippen LogP contribution in [0.1, 0.15) is 48.4 Å². The summed E-state index contributed by atoms with van der Waals surface area (Å²) in [7, 11) is 1.65. The first-order valence-electron chi connectivity index (χ1n) is 12.7. The Hall–Kier alpha value is -3.34. The molecule has 8 nitrogen and oxygen atoms in total. The maximum absolute atomic E-state index is 11.9. The van der Waals surface area contributed by atoms with Crippen LogP contribution in [0.25, 0.3) is 10.4 Å². The second-order valence-electron chi connectivity index (χ2n) is 9.53. The molecule has 1 saturated heterocycles. The Morgan fingerprint density at radius 3 is 2.15 bits per heavy atom. The van der Waals surface area contributed by atoms with Gasteiger partial charge in [-0.3, -0.25) is 14.4 Å². The topological polar surface area (TPSA) is 97.4 Å². The highest BCUT2D eigenvalue weighted by molar-refractivity contribution is 7.81. The number of carbonyl (C=O) groups excluding carboxylic acids is 3. The first-order valence-corrected chi connectivity index (χ1v) is 14.1. The van der Waals surface area contributed by atoms with Crippen molar-refractivity contribution in [2.75, 3.05) is 7.11 Å². The molecule has 5 atom stereocenters. The Morgan fingerprint density at radius 2 is 1.52 bits per heavy atom. The Bertz CT molecular complexity index is 1370. The van der Waals surface area contributed by atoms with Gasteiger partial charge in [0.1, 0.15) is 11.9 Å². The normalized spacial score (nSPS) is 22.3. The van der Waals surface area contributed by atoms with Crippen molar-refractivity contribution in [3.05, 3.63) is 76.2 Å². The lowest BCUT2D eigenvalue weighted by Gasteiger charge is -2.43. The minimum absolute atomic E-state index is 0.585. The second-order valence-corrected chi connectivity index (χ2v) is 11.3. The summed E-state index contributed by atoms with van der Waals surface area (Å²) in [5.74, 6) is -1.04. The SMILES string of the molecule is COc1ccc(-c2ccc(Cc3cc(C4O[C@H](OC(C)=O)[C@@H](OC(C)=O)[C@H](OC(C)=O)[C@H]4S)ccc3C)s2)cc1. The molecule has 3 aromatic rings. The van der Waals surface area contributed by atoms with E-state index in [4.69, 9.17) is 36.3 Å². The van der Waals surface area contributed by atoms with Gasteiger partial charge in [-0.15, -0.1) is 11.3 Å². The van der Waals surface area contributed by atoms with Crippen LogP contribution in [0.15, 0.2) is 54.6 Å². The second kappa shape index (κ2) is 12.9. The van der Waals surface area contributed by atoms with E-state index in [1.165, 1.54) is 25.6 Å². The fourth-order valence-electron chi connectivity index (χ4n) is 4.63. The maximum Gasteiger partial charge on any atom is 0.305 e. The summed E-state index contributed by atoms with van der Waals surface area (Å²) in [5.41, 5.74) is 4.06. The average Bonchev–Trinajstić information content (AvgIpc) is 3.37. The summed E-state index contributed by atoms with van der Waals surface area (Å²) < 4.78 is 27.7. The molecule has 0 spiro atoms. The van der Waals surface area contributed by atoms with E-state index in [1.807, 2.05) is 49.4 Å². The predicted octanol–water partition coefficient (Wildman–Crippen LogP) is 5.45. The third kappa shape index (κ3) is 7.04. The van der Waals surface area contributed by atoms with E-state index >= 15 is 0 Å². The highest BCUT2D eigenvalue weighted by Gasteiger charge is 2.50. The molecule has 2 heterocycles. The van der Waals surface area contributed by atoms with Crippen LogP contribution in [0.5, 0.6) is 5.75 Å². The van der Waals surface area contributed by atoms with Gasteiger partial charge < -0.3 is 23.7 Å². The van der Waals surface area contributed by atoms with Gasteiger partial charge in [-0.2, -0.15) is 12.6 Å². The summed E-state index contributed by atoms with van der Waals surface area (Å²) in [4.78, 5) is 38.0. The van der Waals surface area contributed by atoms with Crippen molar-refractivity contribution >= 4 is 41.9 Å². The van der Waals surface area contributed by atoms with Crippen LogP contribution in [0, 0.1) is 6.92 Å². The predicted molar refractivity (Wildman–Crippen MR) is 154 cm³/mol. The third-order valence-corrected chi connectivity index (χ3v) is 8.21. The van der Waals surface area contributed by atoms with E-state index in [0.29, 0.717) is 6.42 Å². The van der Waals surface area contributed by atoms with E-state index in [2.05, 4.69) is 12.1 Å². The van der Waals surface area contributed by atoms with Gasteiger partial charge in [0.2, 0.25) is 12.4 Å². The van der Waals surface area contributed by atoms with Crippen molar-refractivity contribution in [2.24, 2.45) is 0 Å². The van der Waals surface area contributed by atoms with Crippen molar-refractivity contribution < 1.29 is 38.1 Å². The number of hydrogen-bond donors (Lipinski definition) is 1. The summed E-state index contributed by atoms with van der Waals surface area (Å²) in [6.45, 7) is 5.73. The molecule has 1 unspecified atom stereocenters. The summed E-state index contributed by atoms with van der Waals surface area (Å²) in [5, 5.41) is -0.709. The zero-order valence-corrected chi connectivity index (χ0v) is 24.6. The van der Waals surface area contributed by atoms with Crippen molar-refractivity contribution in [2.45, 2.75) is 64.0 Å². The maximum atomic E-state index is 11.9. The van der Waals surface area contributed by atoms with Gasteiger partial charge in [0, 0.05) is 36.9 Å². The molecule has 0 bridgehead atoms. The van der Waals surface area contributed by atoms with Gasteiger partial charge in [-0.05, 0) is 65.6 Å². The molecule has 212 valence electrons. The number of carbonyl (C=O) groups is 3. The molecule has 4 rings (SSSR count). The van der Waals surface area contributed by atoms with Crippen LogP contribution in [0.2, 0.25) is 0 Å². The lowest BCUT2D eigenvalue weighted by molar-refractivity contribution is -0.266. The molecule has 40 heavy (non-hydrogen) atoms. The molecular formula is C30H32O8S2. The number of esters is 3. The van der Waals surface area contributed by atoms with Gasteiger partial charge in [-0.25, -0.2) is 0 Å². The molecule has 1 aromatic heterocycles. The van der Waals surface area contributed by atoms with E-state index < -0.39 is 47.8 Å². The number of rotatable bonds is 8. The Labute approximate surface area is 242 Å². The van der Waals surface area contributed by atoms with Crippen molar-refractivity contribution in [1.29, 1.82) is 0 Å². The Morgan fingerprint density at radius 1 is 0.875 bits per heavy atom. The van der Waals surface area contributed by atoms with Gasteiger partial charge in [-0.1, -0.05) is 18.2 Å². The monoisotopic (exact) mass is 584 g/mol.